The Hall–Kier alpha value is -1.14. The Labute approximate surface area is 108 Å². The van der Waals surface area contributed by atoms with Crippen LogP contribution in [0.3, 0.4) is 0 Å². The molecule has 100 valence electrons. The molecule has 1 N–H and O–H groups in total. The standard InChI is InChI=1S/C12H19N3O2S/c1-10-9-18(16,17)7-6-15(10)8-11-4-3-5-14-12(11)13-2/h3-5,10H,6-9H2,1-2H3,(H,13,14). The SMILES string of the molecule is CNc1ncccc1CN1CCS(=O)(=O)CC1C. The number of rotatable bonds is 3. The van der Waals surface area contributed by atoms with Crippen LogP contribution >= 0.6 is 0 Å². The van der Waals surface area contributed by atoms with Crippen molar-refractivity contribution in [1.29, 1.82) is 0 Å². The number of nitrogens with one attached hydrogen (secondary N) is 1. The topological polar surface area (TPSA) is 62.3 Å². The first-order valence-corrected chi connectivity index (χ1v) is 7.90. The van der Waals surface area contributed by atoms with Crippen LogP contribution in [0.15, 0.2) is 18.3 Å². The van der Waals surface area contributed by atoms with Crippen LogP contribution in [-0.2, 0) is 16.4 Å². The number of sulfone groups is 1. The van der Waals surface area contributed by atoms with Crippen LogP contribution in [0, 0.1) is 0 Å². The predicted molar refractivity (Wildman–Crippen MR) is 72.3 cm³/mol. The normalized spacial score (nSPS) is 23.8. The molecule has 0 spiro atoms. The van der Waals surface area contributed by atoms with E-state index < -0.39 is 9.84 Å². The minimum absolute atomic E-state index is 0.0636. The summed E-state index contributed by atoms with van der Waals surface area (Å²) >= 11 is 0. The highest BCUT2D eigenvalue weighted by molar-refractivity contribution is 7.91. The lowest BCUT2D eigenvalue weighted by Crippen LogP contribution is -2.46. The smallest absolute Gasteiger partial charge is 0.153 e. The molecule has 0 saturated carbocycles. The van der Waals surface area contributed by atoms with Gasteiger partial charge >= 0.3 is 0 Å². The van der Waals surface area contributed by atoms with E-state index in [0.29, 0.717) is 6.54 Å². The number of hydrogen-bond acceptors (Lipinski definition) is 5. The van der Waals surface area contributed by atoms with E-state index in [1.54, 1.807) is 6.20 Å². The van der Waals surface area contributed by atoms with Crippen LogP contribution in [0.1, 0.15) is 12.5 Å². The number of anilines is 1. The van der Waals surface area contributed by atoms with E-state index in [4.69, 9.17) is 0 Å². The third-order valence-corrected chi connectivity index (χ3v) is 5.10. The van der Waals surface area contributed by atoms with Crippen molar-refractivity contribution in [3.8, 4) is 0 Å². The average Bonchev–Trinajstić information content (AvgIpc) is 2.33. The largest absolute Gasteiger partial charge is 0.373 e. The van der Waals surface area contributed by atoms with Gasteiger partial charge in [-0.15, -0.1) is 0 Å². The second-order valence-corrected chi connectivity index (χ2v) is 6.92. The molecule has 2 heterocycles. The van der Waals surface area contributed by atoms with Gasteiger partial charge in [0.05, 0.1) is 11.5 Å². The van der Waals surface area contributed by atoms with E-state index in [-0.39, 0.29) is 17.5 Å². The Morgan fingerprint density at radius 1 is 1.56 bits per heavy atom. The highest BCUT2D eigenvalue weighted by Crippen LogP contribution is 2.18. The summed E-state index contributed by atoms with van der Waals surface area (Å²) in [5.41, 5.74) is 1.10. The van der Waals surface area contributed by atoms with Gasteiger partial charge in [-0.1, -0.05) is 6.07 Å². The molecule has 18 heavy (non-hydrogen) atoms. The molecule has 0 radical (unpaired) electrons. The minimum atomic E-state index is -2.85. The summed E-state index contributed by atoms with van der Waals surface area (Å²) in [6.45, 7) is 3.30. The fourth-order valence-corrected chi connectivity index (χ4v) is 3.90. The quantitative estimate of drug-likeness (QED) is 0.877. The van der Waals surface area contributed by atoms with Gasteiger partial charge in [-0.25, -0.2) is 13.4 Å². The van der Waals surface area contributed by atoms with Crippen LogP contribution in [0.2, 0.25) is 0 Å². The maximum absolute atomic E-state index is 11.5. The van der Waals surface area contributed by atoms with E-state index in [1.807, 2.05) is 26.1 Å². The van der Waals surface area contributed by atoms with Gasteiger partial charge in [-0.3, -0.25) is 4.90 Å². The van der Waals surface area contributed by atoms with Gasteiger partial charge in [0.25, 0.3) is 0 Å². The lowest BCUT2D eigenvalue weighted by atomic mass is 10.2. The van der Waals surface area contributed by atoms with Crippen molar-refractivity contribution in [2.75, 3.05) is 30.4 Å². The lowest BCUT2D eigenvalue weighted by Gasteiger charge is -2.33. The zero-order valence-electron chi connectivity index (χ0n) is 10.8. The molecule has 2 rings (SSSR count). The van der Waals surface area contributed by atoms with Crippen molar-refractivity contribution in [2.45, 2.75) is 19.5 Å². The van der Waals surface area contributed by atoms with Gasteiger partial charge in [-0.2, -0.15) is 0 Å². The van der Waals surface area contributed by atoms with Crippen molar-refractivity contribution < 1.29 is 8.42 Å². The summed E-state index contributed by atoms with van der Waals surface area (Å²) in [5.74, 6) is 1.37. The molecule has 0 aromatic carbocycles. The molecule has 1 aliphatic heterocycles. The third kappa shape index (κ3) is 3.00. The molecule has 1 saturated heterocycles. The van der Waals surface area contributed by atoms with Crippen molar-refractivity contribution in [3.05, 3.63) is 23.9 Å². The molecule has 1 atom stereocenters. The van der Waals surface area contributed by atoms with E-state index in [2.05, 4.69) is 15.2 Å². The molecule has 1 fully saturated rings. The lowest BCUT2D eigenvalue weighted by molar-refractivity contribution is 0.218. The first-order chi connectivity index (χ1) is 8.52. The van der Waals surface area contributed by atoms with Crippen molar-refractivity contribution in [1.82, 2.24) is 9.88 Å². The van der Waals surface area contributed by atoms with E-state index in [0.717, 1.165) is 17.9 Å². The summed E-state index contributed by atoms with van der Waals surface area (Å²) < 4.78 is 23.1. The molecule has 0 aliphatic carbocycles. The zero-order chi connectivity index (χ0) is 13.2. The first-order valence-electron chi connectivity index (χ1n) is 6.08. The Bertz CT molecular complexity index is 516. The Kier molecular flexibility index (Phi) is 3.87. The van der Waals surface area contributed by atoms with Crippen molar-refractivity contribution in [2.24, 2.45) is 0 Å². The van der Waals surface area contributed by atoms with Gasteiger partial charge in [0.2, 0.25) is 0 Å². The molecule has 0 bridgehead atoms. The highest BCUT2D eigenvalue weighted by Gasteiger charge is 2.28. The number of pyridine rings is 1. The van der Waals surface area contributed by atoms with Crippen LogP contribution in [0.25, 0.3) is 0 Å². The molecule has 1 aromatic heterocycles. The number of aromatic nitrogens is 1. The van der Waals surface area contributed by atoms with Gasteiger partial charge in [-0.05, 0) is 13.0 Å². The second-order valence-electron chi connectivity index (χ2n) is 4.69. The summed E-state index contributed by atoms with van der Waals surface area (Å²) in [6.07, 6.45) is 1.75. The maximum Gasteiger partial charge on any atom is 0.153 e. The van der Waals surface area contributed by atoms with Gasteiger partial charge in [0, 0.05) is 37.9 Å². The van der Waals surface area contributed by atoms with E-state index in [9.17, 15) is 8.42 Å². The summed E-state index contributed by atoms with van der Waals surface area (Å²) in [6, 6.07) is 3.99. The monoisotopic (exact) mass is 269 g/mol. The highest BCUT2D eigenvalue weighted by atomic mass is 32.2. The summed E-state index contributed by atoms with van der Waals surface area (Å²) in [5, 5.41) is 3.06. The van der Waals surface area contributed by atoms with Gasteiger partial charge in [0.15, 0.2) is 9.84 Å². The molecule has 5 nitrogen and oxygen atoms in total. The first kappa shape index (κ1) is 13.3. The average molecular weight is 269 g/mol. The molecule has 1 aliphatic rings. The Balaban J connectivity index is 2.10. The second kappa shape index (κ2) is 5.24. The zero-order valence-corrected chi connectivity index (χ0v) is 11.6. The van der Waals surface area contributed by atoms with Crippen molar-refractivity contribution >= 4 is 15.7 Å². The molecule has 6 heteroatoms. The molecule has 1 aromatic rings. The Morgan fingerprint density at radius 2 is 2.33 bits per heavy atom. The van der Waals surface area contributed by atoms with Gasteiger partial charge < -0.3 is 5.32 Å². The van der Waals surface area contributed by atoms with Crippen LogP contribution < -0.4 is 5.32 Å². The third-order valence-electron chi connectivity index (χ3n) is 3.31. The van der Waals surface area contributed by atoms with Crippen LogP contribution in [0.5, 0.6) is 0 Å². The number of nitrogens with zero attached hydrogens (tertiary/aromatic N) is 2. The molecule has 0 amide bonds. The molecular weight excluding hydrogens is 250 g/mol. The van der Waals surface area contributed by atoms with E-state index in [1.165, 1.54) is 0 Å². The van der Waals surface area contributed by atoms with Gasteiger partial charge in [0.1, 0.15) is 5.82 Å². The van der Waals surface area contributed by atoms with E-state index >= 15 is 0 Å². The molecular formula is C12H19N3O2S. The van der Waals surface area contributed by atoms with Crippen LogP contribution in [0.4, 0.5) is 5.82 Å². The summed E-state index contributed by atoms with van der Waals surface area (Å²) in [7, 11) is -1.00. The summed E-state index contributed by atoms with van der Waals surface area (Å²) in [4.78, 5) is 6.45. The molecule has 1 unspecified atom stereocenters. The predicted octanol–water partition coefficient (Wildman–Crippen LogP) is 0.742. The Morgan fingerprint density at radius 3 is 3.00 bits per heavy atom. The fourth-order valence-electron chi connectivity index (χ4n) is 2.28. The van der Waals surface area contributed by atoms with Crippen molar-refractivity contribution in [3.63, 3.8) is 0 Å². The minimum Gasteiger partial charge on any atom is -0.373 e. The number of hydrogen-bond donors (Lipinski definition) is 1. The van der Waals surface area contributed by atoms with Crippen LogP contribution in [-0.4, -0.2) is 49.4 Å². The fraction of sp³-hybridized carbons (Fsp3) is 0.583. The maximum atomic E-state index is 11.5.